The molecular weight excluding hydrogens is 899 g/mol. The van der Waals surface area contributed by atoms with E-state index in [4.69, 9.17) is 4.74 Å². The van der Waals surface area contributed by atoms with Crippen molar-refractivity contribution in [1.82, 2.24) is 5.32 Å². The van der Waals surface area contributed by atoms with Crippen LogP contribution < -0.4 is 5.32 Å². The highest BCUT2D eigenvalue weighted by molar-refractivity contribution is 5.76. The molecule has 0 saturated heterocycles. The smallest absolute Gasteiger partial charge is 0.305 e. The molecule has 0 spiro atoms. The second-order valence-corrected chi connectivity index (χ2v) is 22.4. The third-order valence-corrected chi connectivity index (χ3v) is 15.1. The third kappa shape index (κ3) is 59.2. The lowest BCUT2D eigenvalue weighted by atomic mass is 10.0. The number of carbonyl (C=O) groups is 2. The summed E-state index contributed by atoms with van der Waals surface area (Å²) in [6, 6.07) is -0.625. The van der Waals surface area contributed by atoms with Crippen molar-refractivity contribution in [2.45, 2.75) is 366 Å². The van der Waals surface area contributed by atoms with Crippen LogP contribution in [0.5, 0.6) is 0 Å². The lowest BCUT2D eigenvalue weighted by Gasteiger charge is -2.20. The Labute approximate surface area is 455 Å². The average molecular weight is 1030 g/mol. The molecule has 0 rings (SSSR count). The zero-order valence-corrected chi connectivity index (χ0v) is 49.1. The van der Waals surface area contributed by atoms with Gasteiger partial charge >= 0.3 is 5.97 Å². The Morgan fingerprint density at radius 1 is 0.370 bits per heavy atom. The Balaban J connectivity index is 3.36. The minimum absolute atomic E-state index is 0.00774. The summed E-state index contributed by atoms with van der Waals surface area (Å²) in [6.07, 6.45) is 79.3. The Bertz CT molecular complexity index is 1180. The first-order valence-electron chi connectivity index (χ1n) is 32.8. The van der Waals surface area contributed by atoms with Crippen molar-refractivity contribution in [3.8, 4) is 0 Å². The molecule has 0 aliphatic heterocycles. The summed E-state index contributed by atoms with van der Waals surface area (Å²) in [4.78, 5) is 24.5. The van der Waals surface area contributed by atoms with Crippen LogP contribution in [-0.4, -0.2) is 47.4 Å². The number of nitrogens with one attached hydrogen (secondary N) is 1. The van der Waals surface area contributed by atoms with E-state index in [-0.39, 0.29) is 18.5 Å². The van der Waals surface area contributed by atoms with Crippen molar-refractivity contribution in [3.63, 3.8) is 0 Å². The van der Waals surface area contributed by atoms with Gasteiger partial charge in [0.25, 0.3) is 0 Å². The van der Waals surface area contributed by atoms with Crippen molar-refractivity contribution in [2.24, 2.45) is 0 Å². The molecule has 6 heteroatoms. The maximum absolute atomic E-state index is 12.4. The molecule has 0 aromatic heterocycles. The molecule has 2 unspecified atom stereocenters. The second-order valence-electron chi connectivity index (χ2n) is 22.4. The highest BCUT2D eigenvalue weighted by Crippen LogP contribution is 2.17. The van der Waals surface area contributed by atoms with Crippen LogP contribution in [-0.2, 0) is 14.3 Å². The first-order chi connectivity index (χ1) is 36.0. The van der Waals surface area contributed by atoms with Gasteiger partial charge in [-0.25, -0.2) is 0 Å². The normalized spacial score (nSPS) is 12.8. The molecule has 0 heterocycles. The fourth-order valence-electron chi connectivity index (χ4n) is 10.1. The highest BCUT2D eigenvalue weighted by atomic mass is 16.5. The van der Waals surface area contributed by atoms with Gasteiger partial charge in [0.05, 0.1) is 25.4 Å². The molecule has 73 heavy (non-hydrogen) atoms. The standard InChI is InChI=1S/C67H127NO5/c1-3-5-7-9-11-13-15-39-43-47-51-55-59-65(70)64(63-69)68-66(71)60-56-52-48-44-40-37-35-33-31-29-27-25-23-21-19-17-18-20-22-24-26-28-30-32-34-36-38-42-46-50-54-58-62-73-67(72)61-57-53-49-45-41-16-14-12-10-8-6-4-2/h12,14,20,22,55,59,64-65,69-70H,3-11,13,15-19,21,23-54,56-58,60-63H2,1-2H3,(H,68,71)/b14-12-,22-20-,59-55+. The number of aliphatic hydroxyl groups excluding tert-OH is 2. The van der Waals surface area contributed by atoms with E-state index in [9.17, 15) is 19.8 Å². The SMILES string of the molecule is CCCCC/C=C\CCCCCCCC(=O)OCCCCCCCCCCCCCC/C=C\CCCCCCCCCCCCCCCCCCC(=O)NC(CO)C(O)/C=C/CCCCCCCCCCCC. The summed E-state index contributed by atoms with van der Waals surface area (Å²) >= 11 is 0. The predicted molar refractivity (Wildman–Crippen MR) is 319 cm³/mol. The number of unbranched alkanes of at least 4 members (excludes halogenated alkanes) is 46. The Morgan fingerprint density at radius 3 is 1.00 bits per heavy atom. The molecule has 0 bridgehead atoms. The molecule has 1 amide bonds. The number of aliphatic hydroxyl groups is 2. The second kappa shape index (κ2) is 62.6. The van der Waals surface area contributed by atoms with Gasteiger partial charge in [0.15, 0.2) is 0 Å². The molecule has 0 aromatic rings. The number of allylic oxidation sites excluding steroid dienone is 5. The summed E-state index contributed by atoms with van der Waals surface area (Å²) in [5, 5.41) is 23.1. The largest absolute Gasteiger partial charge is 0.466 e. The first kappa shape index (κ1) is 71.1. The molecule has 0 aliphatic rings. The number of rotatable bonds is 61. The molecule has 430 valence electrons. The number of hydrogen-bond donors (Lipinski definition) is 3. The fraction of sp³-hybridized carbons (Fsp3) is 0.881. The predicted octanol–water partition coefficient (Wildman–Crippen LogP) is 20.8. The number of ether oxygens (including phenoxy) is 1. The minimum atomic E-state index is -0.841. The van der Waals surface area contributed by atoms with Crippen molar-refractivity contribution in [1.29, 1.82) is 0 Å². The van der Waals surface area contributed by atoms with E-state index in [2.05, 4.69) is 43.5 Å². The van der Waals surface area contributed by atoms with E-state index < -0.39 is 12.1 Å². The van der Waals surface area contributed by atoms with Crippen LogP contribution in [0.15, 0.2) is 36.5 Å². The summed E-state index contributed by atoms with van der Waals surface area (Å²) < 4.78 is 5.47. The Morgan fingerprint density at radius 2 is 0.644 bits per heavy atom. The fourth-order valence-corrected chi connectivity index (χ4v) is 10.1. The van der Waals surface area contributed by atoms with E-state index in [0.29, 0.717) is 19.4 Å². The number of hydrogen-bond acceptors (Lipinski definition) is 5. The summed E-state index contributed by atoms with van der Waals surface area (Å²) in [5.74, 6) is -0.0574. The summed E-state index contributed by atoms with van der Waals surface area (Å²) in [6.45, 7) is 4.89. The van der Waals surface area contributed by atoms with Crippen molar-refractivity contribution in [2.75, 3.05) is 13.2 Å². The molecule has 3 N–H and O–H groups in total. The van der Waals surface area contributed by atoms with Gasteiger partial charge in [-0.15, -0.1) is 0 Å². The van der Waals surface area contributed by atoms with Crippen molar-refractivity contribution < 1.29 is 24.5 Å². The number of amides is 1. The zero-order valence-electron chi connectivity index (χ0n) is 49.1. The molecule has 0 saturated carbocycles. The molecule has 0 aliphatic carbocycles. The van der Waals surface area contributed by atoms with Crippen molar-refractivity contribution >= 4 is 11.9 Å². The molecule has 2 atom stereocenters. The maximum atomic E-state index is 12.4. The van der Waals surface area contributed by atoms with E-state index in [1.165, 1.54) is 283 Å². The van der Waals surface area contributed by atoms with Gasteiger partial charge < -0.3 is 20.3 Å². The lowest BCUT2D eigenvalue weighted by Crippen LogP contribution is -2.45. The summed E-state index contributed by atoms with van der Waals surface area (Å²) in [7, 11) is 0. The quantitative estimate of drug-likeness (QED) is 0.0320. The van der Waals surface area contributed by atoms with Crippen LogP contribution in [0.4, 0.5) is 0 Å². The number of carbonyl (C=O) groups excluding carboxylic acids is 2. The van der Waals surface area contributed by atoms with Gasteiger partial charge in [-0.2, -0.15) is 0 Å². The van der Waals surface area contributed by atoms with E-state index in [1.807, 2.05) is 6.08 Å². The van der Waals surface area contributed by atoms with Gasteiger partial charge in [0, 0.05) is 12.8 Å². The van der Waals surface area contributed by atoms with Crippen LogP contribution in [0, 0.1) is 0 Å². The van der Waals surface area contributed by atoms with E-state index >= 15 is 0 Å². The van der Waals surface area contributed by atoms with E-state index in [1.54, 1.807) is 6.08 Å². The van der Waals surface area contributed by atoms with Gasteiger partial charge in [-0.3, -0.25) is 9.59 Å². The average Bonchev–Trinajstić information content (AvgIpc) is 3.39. The molecule has 0 aromatic carbocycles. The van der Waals surface area contributed by atoms with Crippen LogP contribution in [0.25, 0.3) is 0 Å². The van der Waals surface area contributed by atoms with Gasteiger partial charge in [-0.1, -0.05) is 294 Å². The first-order valence-corrected chi connectivity index (χ1v) is 32.8. The Hall–Kier alpha value is -1.92. The number of esters is 1. The summed E-state index contributed by atoms with van der Waals surface area (Å²) in [5.41, 5.74) is 0. The lowest BCUT2D eigenvalue weighted by molar-refractivity contribution is -0.143. The third-order valence-electron chi connectivity index (χ3n) is 15.1. The van der Waals surface area contributed by atoms with Crippen molar-refractivity contribution in [3.05, 3.63) is 36.5 Å². The molecule has 6 nitrogen and oxygen atoms in total. The Kier molecular flexibility index (Phi) is 61.0. The van der Waals surface area contributed by atoms with Gasteiger partial charge in [0.2, 0.25) is 5.91 Å². The minimum Gasteiger partial charge on any atom is -0.466 e. The van der Waals surface area contributed by atoms with Crippen LogP contribution >= 0.6 is 0 Å². The van der Waals surface area contributed by atoms with Gasteiger partial charge in [0.1, 0.15) is 0 Å². The van der Waals surface area contributed by atoms with Crippen LogP contribution in [0.1, 0.15) is 354 Å². The van der Waals surface area contributed by atoms with E-state index in [0.717, 1.165) is 44.9 Å². The van der Waals surface area contributed by atoms with Crippen LogP contribution in [0.2, 0.25) is 0 Å². The van der Waals surface area contributed by atoms with Gasteiger partial charge in [-0.05, 0) is 83.5 Å². The molecule has 0 fully saturated rings. The molecule has 0 radical (unpaired) electrons. The highest BCUT2D eigenvalue weighted by Gasteiger charge is 2.18. The molecular formula is C67H127NO5. The topological polar surface area (TPSA) is 95.9 Å². The van der Waals surface area contributed by atoms with Crippen LogP contribution in [0.3, 0.4) is 0 Å². The zero-order chi connectivity index (χ0) is 52.9. The maximum Gasteiger partial charge on any atom is 0.305 e. The monoisotopic (exact) mass is 1030 g/mol.